The number of hydrogen-bond acceptors (Lipinski definition) is 5. The quantitative estimate of drug-likeness (QED) is 0.839. The van der Waals surface area contributed by atoms with Gasteiger partial charge in [0.2, 0.25) is 0 Å². The number of carbonyl (C=O) groups is 1. The number of benzene rings is 1. The molecule has 0 saturated carbocycles. The Labute approximate surface area is 103 Å². The molecule has 17 heavy (non-hydrogen) atoms. The molecule has 1 heterocycles. The van der Waals surface area contributed by atoms with E-state index < -0.39 is 0 Å². The van der Waals surface area contributed by atoms with Crippen LogP contribution in [0.3, 0.4) is 0 Å². The van der Waals surface area contributed by atoms with E-state index >= 15 is 0 Å². The Bertz CT molecular complexity index is 524. The van der Waals surface area contributed by atoms with E-state index in [9.17, 15) is 4.79 Å². The Morgan fingerprint density at radius 1 is 1.59 bits per heavy atom. The monoisotopic (exact) mass is 250 g/mol. The van der Waals surface area contributed by atoms with Gasteiger partial charge in [0, 0.05) is 6.04 Å². The fraction of sp³-hybridized carbons (Fsp3) is 0.333. The van der Waals surface area contributed by atoms with Gasteiger partial charge in [0.1, 0.15) is 0 Å². The third-order valence-electron chi connectivity index (χ3n) is 2.55. The zero-order valence-electron chi connectivity index (χ0n) is 9.55. The van der Waals surface area contributed by atoms with Crippen LogP contribution < -0.4 is 5.73 Å². The predicted octanol–water partition coefficient (Wildman–Crippen LogP) is 1.73. The first kappa shape index (κ1) is 12.0. The number of ether oxygens (including phenoxy) is 1. The second kappa shape index (κ2) is 5.25. The summed E-state index contributed by atoms with van der Waals surface area (Å²) in [6.45, 7) is 0. The van der Waals surface area contributed by atoms with Gasteiger partial charge >= 0.3 is 5.97 Å². The highest BCUT2D eigenvalue weighted by Crippen LogP contribution is 2.19. The maximum atomic E-state index is 11.1. The molecule has 1 aromatic heterocycles. The molecule has 0 bridgehead atoms. The molecular formula is C12H14N2O2S. The van der Waals surface area contributed by atoms with Crippen molar-refractivity contribution in [3.8, 4) is 0 Å². The number of esters is 1. The minimum Gasteiger partial charge on any atom is -0.469 e. The van der Waals surface area contributed by atoms with Gasteiger partial charge in [-0.05, 0) is 24.1 Å². The number of aromatic nitrogens is 1. The number of thiazole rings is 1. The summed E-state index contributed by atoms with van der Waals surface area (Å²) in [5, 5.41) is 0. The third kappa shape index (κ3) is 3.01. The number of fused-ring (bicyclic) bond motifs is 1. The fourth-order valence-electron chi connectivity index (χ4n) is 1.70. The van der Waals surface area contributed by atoms with E-state index in [0.717, 1.165) is 15.8 Å². The van der Waals surface area contributed by atoms with Crippen LogP contribution in [0.2, 0.25) is 0 Å². The SMILES string of the molecule is COC(=O)CC(N)Cc1ccc2ncsc2c1. The van der Waals surface area contributed by atoms with Crippen molar-refractivity contribution in [1.82, 2.24) is 4.98 Å². The summed E-state index contributed by atoms with van der Waals surface area (Å²) in [5.74, 6) is -0.267. The summed E-state index contributed by atoms with van der Waals surface area (Å²) in [4.78, 5) is 15.3. The Kier molecular flexibility index (Phi) is 3.71. The summed E-state index contributed by atoms with van der Waals surface area (Å²) in [7, 11) is 1.37. The topological polar surface area (TPSA) is 65.2 Å². The zero-order valence-corrected chi connectivity index (χ0v) is 10.4. The smallest absolute Gasteiger partial charge is 0.307 e. The van der Waals surface area contributed by atoms with Gasteiger partial charge in [-0.15, -0.1) is 11.3 Å². The highest BCUT2D eigenvalue weighted by Gasteiger charge is 2.10. The van der Waals surface area contributed by atoms with Gasteiger partial charge in [-0.3, -0.25) is 4.79 Å². The van der Waals surface area contributed by atoms with Crippen molar-refractivity contribution < 1.29 is 9.53 Å². The van der Waals surface area contributed by atoms with Crippen molar-refractivity contribution in [2.45, 2.75) is 18.9 Å². The predicted molar refractivity (Wildman–Crippen MR) is 67.9 cm³/mol. The van der Waals surface area contributed by atoms with Gasteiger partial charge in [-0.1, -0.05) is 6.07 Å². The molecule has 2 rings (SSSR count). The molecule has 0 amide bonds. The van der Waals surface area contributed by atoms with Crippen LogP contribution in [0.4, 0.5) is 0 Å². The number of nitrogens with zero attached hydrogens (tertiary/aromatic N) is 1. The molecular weight excluding hydrogens is 236 g/mol. The molecule has 2 N–H and O–H groups in total. The maximum absolute atomic E-state index is 11.1. The first-order valence-electron chi connectivity index (χ1n) is 5.33. The maximum Gasteiger partial charge on any atom is 0.307 e. The van der Waals surface area contributed by atoms with E-state index in [-0.39, 0.29) is 18.4 Å². The molecule has 1 atom stereocenters. The highest BCUT2D eigenvalue weighted by molar-refractivity contribution is 7.16. The first-order chi connectivity index (χ1) is 8.19. The lowest BCUT2D eigenvalue weighted by Crippen LogP contribution is -2.26. The van der Waals surface area contributed by atoms with Crippen LogP contribution in [0.15, 0.2) is 23.7 Å². The van der Waals surface area contributed by atoms with Crippen molar-refractivity contribution in [2.75, 3.05) is 7.11 Å². The van der Waals surface area contributed by atoms with Crippen LogP contribution in [0.25, 0.3) is 10.2 Å². The third-order valence-corrected chi connectivity index (χ3v) is 3.34. The number of rotatable bonds is 4. The van der Waals surface area contributed by atoms with E-state index in [1.807, 2.05) is 17.6 Å². The number of methoxy groups -OCH3 is 1. The lowest BCUT2D eigenvalue weighted by molar-refractivity contribution is -0.140. The summed E-state index contributed by atoms with van der Waals surface area (Å²) in [5.41, 5.74) is 9.83. The second-order valence-corrected chi connectivity index (χ2v) is 4.79. The van der Waals surface area contributed by atoms with Crippen molar-refractivity contribution >= 4 is 27.5 Å². The number of nitrogens with two attached hydrogens (primary N) is 1. The van der Waals surface area contributed by atoms with E-state index in [0.29, 0.717) is 6.42 Å². The Hall–Kier alpha value is -1.46. The highest BCUT2D eigenvalue weighted by atomic mass is 32.1. The summed E-state index contributed by atoms with van der Waals surface area (Å²) >= 11 is 1.60. The molecule has 0 radical (unpaired) electrons. The van der Waals surface area contributed by atoms with E-state index in [4.69, 9.17) is 5.73 Å². The molecule has 0 aliphatic heterocycles. The fourth-order valence-corrected chi connectivity index (χ4v) is 2.44. The number of hydrogen-bond donors (Lipinski definition) is 1. The number of carbonyl (C=O) groups excluding carboxylic acids is 1. The van der Waals surface area contributed by atoms with E-state index in [1.54, 1.807) is 11.3 Å². The summed E-state index contributed by atoms with van der Waals surface area (Å²) in [6, 6.07) is 5.85. The molecule has 90 valence electrons. The molecule has 0 spiro atoms. The minimum atomic E-state index is -0.267. The molecule has 0 aliphatic rings. The molecule has 5 heteroatoms. The second-order valence-electron chi connectivity index (χ2n) is 3.90. The van der Waals surface area contributed by atoms with Crippen molar-refractivity contribution in [3.05, 3.63) is 29.3 Å². The molecule has 4 nitrogen and oxygen atoms in total. The molecule has 1 unspecified atom stereocenters. The Morgan fingerprint density at radius 3 is 3.18 bits per heavy atom. The molecule has 0 fully saturated rings. The normalized spacial score (nSPS) is 12.6. The van der Waals surface area contributed by atoms with Crippen LogP contribution in [-0.2, 0) is 16.0 Å². The van der Waals surface area contributed by atoms with Crippen molar-refractivity contribution in [3.63, 3.8) is 0 Å². The molecule has 0 aliphatic carbocycles. The van der Waals surface area contributed by atoms with Crippen LogP contribution >= 0.6 is 11.3 Å². The standard InChI is InChI=1S/C12H14N2O2S/c1-16-12(15)6-9(13)4-8-2-3-10-11(5-8)17-7-14-10/h2-3,5,7,9H,4,6,13H2,1H3. The average molecular weight is 250 g/mol. The molecule has 1 aromatic carbocycles. The average Bonchev–Trinajstić information content (AvgIpc) is 2.75. The zero-order chi connectivity index (χ0) is 12.3. The van der Waals surface area contributed by atoms with Gasteiger partial charge in [0.05, 0.1) is 29.3 Å². The summed E-state index contributed by atoms with van der Waals surface area (Å²) < 4.78 is 5.74. The van der Waals surface area contributed by atoms with Gasteiger partial charge < -0.3 is 10.5 Å². The van der Waals surface area contributed by atoms with Gasteiger partial charge in [0.15, 0.2) is 0 Å². The van der Waals surface area contributed by atoms with Crippen molar-refractivity contribution in [1.29, 1.82) is 0 Å². The molecule has 0 saturated heterocycles. The van der Waals surface area contributed by atoms with E-state index in [2.05, 4.69) is 15.8 Å². The lowest BCUT2D eigenvalue weighted by atomic mass is 10.0. The van der Waals surface area contributed by atoms with Crippen molar-refractivity contribution in [2.24, 2.45) is 5.73 Å². The minimum absolute atomic E-state index is 0.201. The van der Waals surface area contributed by atoms with Crippen LogP contribution in [0.5, 0.6) is 0 Å². The van der Waals surface area contributed by atoms with E-state index in [1.165, 1.54) is 7.11 Å². The van der Waals surface area contributed by atoms with Crippen LogP contribution in [-0.4, -0.2) is 24.1 Å². The largest absolute Gasteiger partial charge is 0.469 e. The van der Waals surface area contributed by atoms with Gasteiger partial charge in [0.25, 0.3) is 0 Å². The first-order valence-corrected chi connectivity index (χ1v) is 6.21. The molecule has 2 aromatic rings. The lowest BCUT2D eigenvalue weighted by Gasteiger charge is -2.09. The summed E-state index contributed by atoms with van der Waals surface area (Å²) in [6.07, 6.45) is 0.917. The van der Waals surface area contributed by atoms with Gasteiger partial charge in [-0.25, -0.2) is 4.98 Å². The Balaban J connectivity index is 2.04. The van der Waals surface area contributed by atoms with Crippen LogP contribution in [0.1, 0.15) is 12.0 Å². The van der Waals surface area contributed by atoms with Crippen LogP contribution in [0, 0.1) is 0 Å². The van der Waals surface area contributed by atoms with Gasteiger partial charge in [-0.2, -0.15) is 0 Å². The Morgan fingerprint density at radius 2 is 2.41 bits per heavy atom.